The zero-order valence-electron chi connectivity index (χ0n) is 10.4. The van der Waals surface area contributed by atoms with Crippen molar-refractivity contribution < 1.29 is 14.3 Å². The maximum Gasteiger partial charge on any atom is 0.410 e. The number of carbonyl (C=O) groups is 2. The smallest absolute Gasteiger partial charge is 0.410 e. The van der Waals surface area contributed by atoms with Gasteiger partial charge in [-0.1, -0.05) is 6.92 Å². The van der Waals surface area contributed by atoms with Gasteiger partial charge in [-0.3, -0.25) is 9.69 Å². The second-order valence-corrected chi connectivity index (χ2v) is 4.95. The fourth-order valence-electron chi connectivity index (χ4n) is 2.26. The summed E-state index contributed by atoms with van der Waals surface area (Å²) >= 11 is 0. The molecular formula is C12H20N2O3. The molecule has 17 heavy (non-hydrogen) atoms. The maximum atomic E-state index is 12.0. The molecule has 2 heterocycles. The number of piperidine rings is 1. The molecule has 0 atom stereocenters. The number of ether oxygens (including phenoxy) is 1. The van der Waals surface area contributed by atoms with Crippen molar-refractivity contribution in [1.82, 2.24) is 9.80 Å². The number of carbonyl (C=O) groups excluding carboxylic acids is 2. The van der Waals surface area contributed by atoms with Crippen LogP contribution >= 0.6 is 0 Å². The molecule has 0 saturated carbocycles. The van der Waals surface area contributed by atoms with Gasteiger partial charge in [-0.2, -0.15) is 0 Å². The lowest BCUT2D eigenvalue weighted by molar-refractivity contribution is -0.133. The summed E-state index contributed by atoms with van der Waals surface area (Å²) in [7, 11) is 0. The zero-order chi connectivity index (χ0) is 12.3. The summed E-state index contributed by atoms with van der Waals surface area (Å²) in [6.45, 7) is 5.14. The molecule has 2 fully saturated rings. The highest BCUT2D eigenvalue weighted by atomic mass is 16.6. The summed E-state index contributed by atoms with van der Waals surface area (Å²) in [6.07, 6.45) is 2.59. The first-order chi connectivity index (χ1) is 8.16. The van der Waals surface area contributed by atoms with E-state index < -0.39 is 0 Å². The minimum Gasteiger partial charge on any atom is -0.449 e. The molecule has 0 unspecified atom stereocenters. The van der Waals surface area contributed by atoms with Crippen molar-refractivity contribution in [2.24, 2.45) is 5.92 Å². The molecule has 2 amide bonds. The molecule has 0 N–H and O–H groups in total. The summed E-state index contributed by atoms with van der Waals surface area (Å²) in [4.78, 5) is 26.8. The molecule has 5 nitrogen and oxygen atoms in total. The highest BCUT2D eigenvalue weighted by molar-refractivity contribution is 5.82. The number of hydrogen-bond donors (Lipinski definition) is 0. The maximum absolute atomic E-state index is 12.0. The van der Waals surface area contributed by atoms with Gasteiger partial charge in [0.25, 0.3) is 0 Å². The van der Waals surface area contributed by atoms with Crippen LogP contribution in [0.3, 0.4) is 0 Å². The second-order valence-electron chi connectivity index (χ2n) is 4.95. The number of nitrogens with zero attached hydrogens (tertiary/aromatic N) is 2. The normalized spacial score (nSPS) is 22.5. The van der Waals surface area contributed by atoms with E-state index in [1.54, 1.807) is 0 Å². The molecule has 5 heteroatoms. The summed E-state index contributed by atoms with van der Waals surface area (Å²) in [5.74, 6) is 0.759. The van der Waals surface area contributed by atoms with Crippen molar-refractivity contribution in [3.63, 3.8) is 0 Å². The van der Waals surface area contributed by atoms with Crippen molar-refractivity contribution in [2.45, 2.75) is 26.2 Å². The molecule has 96 valence electrons. The van der Waals surface area contributed by atoms with Gasteiger partial charge in [0.1, 0.15) is 6.54 Å². The Balaban J connectivity index is 1.82. The Morgan fingerprint density at radius 3 is 2.71 bits per heavy atom. The molecule has 2 aliphatic heterocycles. The fourth-order valence-corrected chi connectivity index (χ4v) is 2.26. The minimum absolute atomic E-state index is 0.0516. The third-order valence-corrected chi connectivity index (χ3v) is 3.52. The van der Waals surface area contributed by atoms with Crippen molar-refractivity contribution in [3.8, 4) is 0 Å². The summed E-state index contributed by atoms with van der Waals surface area (Å²) < 4.78 is 4.91. The van der Waals surface area contributed by atoms with Crippen LogP contribution in [0.25, 0.3) is 0 Å². The summed E-state index contributed by atoms with van der Waals surface area (Å²) in [5.41, 5.74) is 0. The van der Waals surface area contributed by atoms with E-state index in [0.29, 0.717) is 19.1 Å². The Morgan fingerprint density at radius 1 is 1.35 bits per heavy atom. The fraction of sp³-hybridized carbons (Fsp3) is 0.833. The van der Waals surface area contributed by atoms with Crippen LogP contribution in [0.1, 0.15) is 26.2 Å². The number of cyclic esters (lactones) is 1. The molecule has 0 bridgehead atoms. The third-order valence-electron chi connectivity index (χ3n) is 3.52. The predicted octanol–water partition coefficient (Wildman–Crippen LogP) is 1.09. The number of hydrogen-bond acceptors (Lipinski definition) is 3. The molecule has 0 radical (unpaired) electrons. The van der Waals surface area contributed by atoms with Crippen molar-refractivity contribution >= 4 is 12.0 Å². The highest BCUT2D eigenvalue weighted by Gasteiger charge is 2.26. The van der Waals surface area contributed by atoms with E-state index in [2.05, 4.69) is 6.92 Å². The van der Waals surface area contributed by atoms with Crippen LogP contribution in [0.15, 0.2) is 0 Å². The number of amides is 2. The van der Waals surface area contributed by atoms with Gasteiger partial charge in [-0.05, 0) is 25.2 Å². The molecule has 0 aromatic carbocycles. The van der Waals surface area contributed by atoms with Crippen LogP contribution in [-0.4, -0.2) is 54.6 Å². The first kappa shape index (κ1) is 12.2. The molecule has 0 aromatic heterocycles. The number of likely N-dealkylation sites (tertiary alicyclic amines) is 1. The van der Waals surface area contributed by atoms with E-state index in [4.69, 9.17) is 4.74 Å². The van der Waals surface area contributed by atoms with Crippen LogP contribution in [0, 0.1) is 5.92 Å². The van der Waals surface area contributed by atoms with Crippen LogP contribution in [0.4, 0.5) is 4.79 Å². The van der Waals surface area contributed by atoms with Crippen molar-refractivity contribution in [1.29, 1.82) is 0 Å². The lowest BCUT2D eigenvalue weighted by atomic mass is 9.99. The van der Waals surface area contributed by atoms with Crippen molar-refractivity contribution in [2.75, 3.05) is 32.8 Å². The quantitative estimate of drug-likeness (QED) is 0.726. The standard InChI is InChI=1S/C12H20N2O3/c1-10-3-6-13(7-4-10)11(15)9-14-5-2-8-17-12(14)16/h10H,2-9H2,1H3. The topological polar surface area (TPSA) is 49.9 Å². The zero-order valence-corrected chi connectivity index (χ0v) is 10.4. The van der Waals surface area contributed by atoms with Crippen LogP contribution < -0.4 is 0 Å². The molecule has 2 aliphatic rings. The van der Waals surface area contributed by atoms with E-state index in [0.717, 1.165) is 32.4 Å². The lowest BCUT2D eigenvalue weighted by Crippen LogP contribution is -2.47. The van der Waals surface area contributed by atoms with Crippen LogP contribution in [0.2, 0.25) is 0 Å². The second kappa shape index (κ2) is 5.38. The minimum atomic E-state index is -0.352. The molecule has 2 rings (SSSR count). The summed E-state index contributed by atoms with van der Waals surface area (Å²) in [5, 5.41) is 0. The van der Waals surface area contributed by atoms with Gasteiger partial charge in [0.15, 0.2) is 0 Å². The predicted molar refractivity (Wildman–Crippen MR) is 62.5 cm³/mol. The van der Waals surface area contributed by atoms with Gasteiger partial charge in [-0.15, -0.1) is 0 Å². The van der Waals surface area contributed by atoms with Gasteiger partial charge in [0.05, 0.1) is 6.61 Å². The van der Waals surface area contributed by atoms with Crippen LogP contribution in [0.5, 0.6) is 0 Å². The molecule has 0 aliphatic carbocycles. The van der Waals surface area contributed by atoms with Crippen LogP contribution in [-0.2, 0) is 9.53 Å². The Kier molecular flexibility index (Phi) is 3.86. The van der Waals surface area contributed by atoms with E-state index in [9.17, 15) is 9.59 Å². The SMILES string of the molecule is CC1CCN(C(=O)CN2CCCOC2=O)CC1. The largest absolute Gasteiger partial charge is 0.449 e. The molecular weight excluding hydrogens is 220 g/mol. The Labute approximate surface area is 102 Å². The number of rotatable bonds is 2. The van der Waals surface area contributed by atoms with E-state index in [1.807, 2.05) is 4.90 Å². The van der Waals surface area contributed by atoms with Gasteiger partial charge in [0, 0.05) is 19.6 Å². The van der Waals surface area contributed by atoms with E-state index >= 15 is 0 Å². The summed E-state index contributed by atoms with van der Waals surface area (Å²) in [6, 6.07) is 0. The average Bonchev–Trinajstić information content (AvgIpc) is 2.33. The van der Waals surface area contributed by atoms with Crippen molar-refractivity contribution in [3.05, 3.63) is 0 Å². The van der Waals surface area contributed by atoms with Gasteiger partial charge < -0.3 is 9.64 Å². The Hall–Kier alpha value is -1.26. The Bertz CT molecular complexity index is 298. The first-order valence-electron chi connectivity index (χ1n) is 6.36. The average molecular weight is 240 g/mol. The highest BCUT2D eigenvalue weighted by Crippen LogP contribution is 2.16. The van der Waals surface area contributed by atoms with Gasteiger partial charge >= 0.3 is 6.09 Å². The van der Waals surface area contributed by atoms with Gasteiger partial charge in [-0.25, -0.2) is 4.79 Å². The Morgan fingerprint density at radius 2 is 2.06 bits per heavy atom. The molecule has 2 saturated heterocycles. The van der Waals surface area contributed by atoms with E-state index in [1.165, 1.54) is 4.90 Å². The molecule has 0 spiro atoms. The lowest BCUT2D eigenvalue weighted by Gasteiger charge is -2.33. The molecule has 0 aromatic rings. The van der Waals surface area contributed by atoms with Gasteiger partial charge in [0.2, 0.25) is 5.91 Å². The monoisotopic (exact) mass is 240 g/mol. The first-order valence-corrected chi connectivity index (χ1v) is 6.36. The van der Waals surface area contributed by atoms with E-state index in [-0.39, 0.29) is 18.5 Å². The third kappa shape index (κ3) is 3.11.